The minimum atomic E-state index is -0.226. The van der Waals surface area contributed by atoms with E-state index in [4.69, 9.17) is 21.1 Å². The zero-order valence-electron chi connectivity index (χ0n) is 15.1. The van der Waals surface area contributed by atoms with Gasteiger partial charge in [-0.3, -0.25) is 4.79 Å². The fourth-order valence-electron chi connectivity index (χ4n) is 2.20. The molecule has 1 N–H and O–H groups in total. The molecular weight excluding hydrogens is 418 g/mol. The Labute approximate surface area is 168 Å². The molecule has 0 saturated heterocycles. The van der Waals surface area contributed by atoms with Crippen LogP contribution in [0.5, 0.6) is 11.5 Å². The van der Waals surface area contributed by atoms with Gasteiger partial charge in [0.1, 0.15) is 18.1 Å². The van der Waals surface area contributed by atoms with Gasteiger partial charge in [0, 0.05) is 4.47 Å². The van der Waals surface area contributed by atoms with Crippen LogP contribution in [0.4, 0.5) is 0 Å². The SMILES string of the molecule is CC(C)(C)c1ccc(OCCNC(=O)COc2ccc(Br)cc2Cl)cc1. The molecule has 0 aliphatic carbocycles. The van der Waals surface area contributed by atoms with Crippen molar-refractivity contribution in [2.45, 2.75) is 26.2 Å². The number of amides is 1. The second kappa shape index (κ2) is 9.28. The van der Waals surface area contributed by atoms with Crippen molar-refractivity contribution in [3.05, 3.63) is 57.5 Å². The second-order valence-electron chi connectivity index (χ2n) is 6.84. The minimum Gasteiger partial charge on any atom is -0.492 e. The lowest BCUT2D eigenvalue weighted by atomic mass is 9.87. The molecule has 1 amide bonds. The molecule has 2 aromatic carbocycles. The summed E-state index contributed by atoms with van der Waals surface area (Å²) in [6.07, 6.45) is 0. The van der Waals surface area contributed by atoms with Gasteiger partial charge in [-0.1, -0.05) is 60.4 Å². The molecule has 140 valence electrons. The average Bonchev–Trinajstić information content (AvgIpc) is 2.57. The molecule has 0 heterocycles. The van der Waals surface area contributed by atoms with Crippen LogP contribution in [0.1, 0.15) is 26.3 Å². The van der Waals surface area contributed by atoms with Crippen molar-refractivity contribution in [1.82, 2.24) is 5.32 Å². The number of ether oxygens (including phenoxy) is 2. The molecule has 0 aromatic heterocycles. The van der Waals surface area contributed by atoms with E-state index in [1.54, 1.807) is 18.2 Å². The van der Waals surface area contributed by atoms with Crippen molar-refractivity contribution in [2.24, 2.45) is 0 Å². The fourth-order valence-corrected chi connectivity index (χ4v) is 2.93. The monoisotopic (exact) mass is 439 g/mol. The van der Waals surface area contributed by atoms with E-state index in [1.165, 1.54) is 5.56 Å². The maximum atomic E-state index is 11.8. The largest absolute Gasteiger partial charge is 0.492 e. The molecule has 0 aliphatic heterocycles. The summed E-state index contributed by atoms with van der Waals surface area (Å²) in [5.41, 5.74) is 1.37. The summed E-state index contributed by atoms with van der Waals surface area (Å²) in [7, 11) is 0. The first-order chi connectivity index (χ1) is 12.3. The molecule has 6 heteroatoms. The van der Waals surface area contributed by atoms with Gasteiger partial charge in [-0.25, -0.2) is 0 Å². The summed E-state index contributed by atoms with van der Waals surface area (Å²) in [5, 5.41) is 3.20. The van der Waals surface area contributed by atoms with Gasteiger partial charge in [0.15, 0.2) is 6.61 Å². The zero-order chi connectivity index (χ0) is 19.2. The van der Waals surface area contributed by atoms with E-state index in [0.717, 1.165) is 10.2 Å². The number of hydrogen-bond donors (Lipinski definition) is 1. The van der Waals surface area contributed by atoms with E-state index >= 15 is 0 Å². The molecule has 2 aromatic rings. The first kappa shape index (κ1) is 20.6. The summed E-state index contributed by atoms with van der Waals surface area (Å²) < 4.78 is 11.9. The van der Waals surface area contributed by atoms with Crippen LogP contribution in [0.2, 0.25) is 5.02 Å². The van der Waals surface area contributed by atoms with Gasteiger partial charge < -0.3 is 14.8 Å². The summed E-state index contributed by atoms with van der Waals surface area (Å²) in [4.78, 5) is 11.8. The quantitative estimate of drug-likeness (QED) is 0.618. The van der Waals surface area contributed by atoms with Crippen molar-refractivity contribution < 1.29 is 14.3 Å². The van der Waals surface area contributed by atoms with E-state index in [0.29, 0.717) is 23.9 Å². The standard InChI is InChI=1S/C20H23BrClNO3/c1-20(2,3)14-4-7-16(8-5-14)25-11-10-23-19(24)13-26-18-9-6-15(21)12-17(18)22/h4-9,12H,10-11,13H2,1-3H3,(H,23,24). The third-order valence-corrected chi connectivity index (χ3v) is 4.45. The highest BCUT2D eigenvalue weighted by Crippen LogP contribution is 2.27. The molecule has 0 spiro atoms. The van der Waals surface area contributed by atoms with E-state index in [-0.39, 0.29) is 17.9 Å². The van der Waals surface area contributed by atoms with Crippen molar-refractivity contribution in [3.8, 4) is 11.5 Å². The highest BCUT2D eigenvalue weighted by molar-refractivity contribution is 9.10. The van der Waals surface area contributed by atoms with Crippen molar-refractivity contribution >= 4 is 33.4 Å². The lowest BCUT2D eigenvalue weighted by Gasteiger charge is -2.19. The Morgan fingerprint density at radius 1 is 1.12 bits per heavy atom. The summed E-state index contributed by atoms with van der Waals surface area (Å²) >= 11 is 9.36. The summed E-state index contributed by atoms with van der Waals surface area (Å²) in [5.74, 6) is 1.03. The predicted molar refractivity (Wildman–Crippen MR) is 108 cm³/mol. The number of benzene rings is 2. The summed E-state index contributed by atoms with van der Waals surface area (Å²) in [6, 6.07) is 13.2. The lowest BCUT2D eigenvalue weighted by molar-refractivity contribution is -0.123. The molecule has 0 fully saturated rings. The molecular formula is C20H23BrClNO3. The molecule has 0 bridgehead atoms. The first-order valence-corrected chi connectivity index (χ1v) is 9.51. The van der Waals surface area contributed by atoms with Crippen LogP contribution in [0.3, 0.4) is 0 Å². The van der Waals surface area contributed by atoms with Gasteiger partial charge in [-0.15, -0.1) is 0 Å². The molecule has 4 nitrogen and oxygen atoms in total. The smallest absolute Gasteiger partial charge is 0.258 e. The van der Waals surface area contributed by atoms with Gasteiger partial charge in [0.05, 0.1) is 11.6 Å². The Kier molecular flexibility index (Phi) is 7.35. The molecule has 0 radical (unpaired) electrons. The highest BCUT2D eigenvalue weighted by atomic mass is 79.9. The van der Waals surface area contributed by atoms with Crippen LogP contribution in [-0.4, -0.2) is 25.7 Å². The number of halogens is 2. The van der Waals surface area contributed by atoms with E-state index in [2.05, 4.69) is 54.2 Å². The van der Waals surface area contributed by atoms with Crippen LogP contribution < -0.4 is 14.8 Å². The van der Waals surface area contributed by atoms with Gasteiger partial charge in [0.25, 0.3) is 5.91 Å². The van der Waals surface area contributed by atoms with E-state index in [9.17, 15) is 4.79 Å². The summed E-state index contributed by atoms with van der Waals surface area (Å²) in [6.45, 7) is 7.20. The highest BCUT2D eigenvalue weighted by Gasteiger charge is 2.13. The zero-order valence-corrected chi connectivity index (χ0v) is 17.5. The number of hydrogen-bond acceptors (Lipinski definition) is 3. The lowest BCUT2D eigenvalue weighted by Crippen LogP contribution is -2.32. The van der Waals surface area contributed by atoms with Crippen LogP contribution in [0, 0.1) is 0 Å². The molecule has 0 aliphatic rings. The predicted octanol–water partition coefficient (Wildman–Crippen LogP) is 4.97. The Hall–Kier alpha value is -1.72. The third kappa shape index (κ3) is 6.54. The van der Waals surface area contributed by atoms with Gasteiger partial charge >= 0.3 is 0 Å². The molecule has 0 unspecified atom stereocenters. The third-order valence-electron chi connectivity index (χ3n) is 3.67. The van der Waals surface area contributed by atoms with E-state index in [1.807, 2.05) is 12.1 Å². The van der Waals surface area contributed by atoms with Crippen molar-refractivity contribution in [2.75, 3.05) is 19.8 Å². The van der Waals surface area contributed by atoms with Crippen LogP contribution in [-0.2, 0) is 10.2 Å². The number of carbonyl (C=O) groups is 1. The van der Waals surface area contributed by atoms with E-state index < -0.39 is 0 Å². The number of nitrogens with one attached hydrogen (secondary N) is 1. The Morgan fingerprint density at radius 3 is 2.42 bits per heavy atom. The molecule has 0 atom stereocenters. The number of rotatable bonds is 7. The normalized spacial score (nSPS) is 11.1. The van der Waals surface area contributed by atoms with Crippen molar-refractivity contribution in [3.63, 3.8) is 0 Å². The Bertz CT molecular complexity index is 742. The van der Waals surface area contributed by atoms with Crippen LogP contribution in [0.25, 0.3) is 0 Å². The number of carbonyl (C=O) groups excluding carboxylic acids is 1. The Morgan fingerprint density at radius 2 is 1.81 bits per heavy atom. The molecule has 2 rings (SSSR count). The first-order valence-electron chi connectivity index (χ1n) is 8.33. The second-order valence-corrected chi connectivity index (χ2v) is 8.16. The van der Waals surface area contributed by atoms with Gasteiger partial charge in [-0.05, 0) is 41.3 Å². The maximum Gasteiger partial charge on any atom is 0.258 e. The van der Waals surface area contributed by atoms with Crippen molar-refractivity contribution in [1.29, 1.82) is 0 Å². The molecule has 0 saturated carbocycles. The van der Waals surface area contributed by atoms with Crippen LogP contribution in [0.15, 0.2) is 46.9 Å². The van der Waals surface area contributed by atoms with Crippen LogP contribution >= 0.6 is 27.5 Å². The Balaban J connectivity index is 1.68. The maximum absolute atomic E-state index is 11.8. The minimum absolute atomic E-state index is 0.0956. The fraction of sp³-hybridized carbons (Fsp3) is 0.350. The van der Waals surface area contributed by atoms with Gasteiger partial charge in [-0.2, -0.15) is 0 Å². The van der Waals surface area contributed by atoms with Gasteiger partial charge in [0.2, 0.25) is 0 Å². The molecule has 26 heavy (non-hydrogen) atoms. The topological polar surface area (TPSA) is 47.6 Å². The average molecular weight is 441 g/mol.